The molecule has 3 nitrogen and oxygen atoms in total. The van der Waals surface area contributed by atoms with Crippen LogP contribution in [0.25, 0.3) is 0 Å². The third-order valence-corrected chi connectivity index (χ3v) is 1.33. The molecular weight excluding hydrogens is 154 g/mol. The van der Waals surface area contributed by atoms with Crippen LogP contribution in [0.1, 0.15) is 13.8 Å². The van der Waals surface area contributed by atoms with Crippen LogP contribution < -0.4 is 5.32 Å². The minimum atomic E-state index is -0.395. The Balaban J connectivity index is 0.000000810. The van der Waals surface area contributed by atoms with E-state index in [2.05, 4.69) is 5.32 Å². The molecule has 0 radical (unpaired) electrons. The van der Waals surface area contributed by atoms with Gasteiger partial charge in [-0.05, 0) is 20.9 Å². The smallest absolute Gasteiger partial charge is 0.165 e. The summed E-state index contributed by atoms with van der Waals surface area (Å²) in [6.45, 7) is 4.46. The standard InChI is InChI=1S/C6H13NO2.ClH/c1-6(2)8-4-5(7-3)9-6;/h5,7H,4H2,1-3H3;1H. The van der Waals surface area contributed by atoms with Crippen molar-refractivity contribution in [3.05, 3.63) is 0 Å². The van der Waals surface area contributed by atoms with Crippen LogP contribution in [0.2, 0.25) is 0 Å². The molecule has 0 aromatic carbocycles. The van der Waals surface area contributed by atoms with Gasteiger partial charge in [-0.3, -0.25) is 5.32 Å². The fourth-order valence-electron chi connectivity index (χ4n) is 0.829. The van der Waals surface area contributed by atoms with Gasteiger partial charge < -0.3 is 9.47 Å². The minimum Gasteiger partial charge on any atom is -0.346 e. The van der Waals surface area contributed by atoms with Crippen LogP contribution in [0, 0.1) is 0 Å². The third kappa shape index (κ3) is 2.42. The van der Waals surface area contributed by atoms with E-state index in [9.17, 15) is 0 Å². The van der Waals surface area contributed by atoms with Gasteiger partial charge in [-0.1, -0.05) is 0 Å². The third-order valence-electron chi connectivity index (χ3n) is 1.33. The zero-order valence-corrected chi connectivity index (χ0v) is 7.33. The summed E-state index contributed by atoms with van der Waals surface area (Å²) < 4.78 is 10.6. The molecule has 0 aromatic heterocycles. The molecule has 0 bridgehead atoms. The van der Waals surface area contributed by atoms with E-state index < -0.39 is 5.79 Å². The van der Waals surface area contributed by atoms with E-state index in [1.165, 1.54) is 0 Å². The fourth-order valence-corrected chi connectivity index (χ4v) is 0.829. The molecule has 4 heteroatoms. The number of nitrogens with one attached hydrogen (secondary N) is 1. The maximum atomic E-state index is 5.36. The van der Waals surface area contributed by atoms with Crippen LogP contribution >= 0.6 is 12.4 Å². The Morgan fingerprint density at radius 1 is 1.50 bits per heavy atom. The second-order valence-corrected chi connectivity index (χ2v) is 2.61. The van der Waals surface area contributed by atoms with Gasteiger partial charge in [0.1, 0.15) is 6.23 Å². The van der Waals surface area contributed by atoms with E-state index in [4.69, 9.17) is 9.47 Å². The first-order valence-electron chi connectivity index (χ1n) is 3.13. The second-order valence-electron chi connectivity index (χ2n) is 2.61. The van der Waals surface area contributed by atoms with Crippen molar-refractivity contribution < 1.29 is 9.47 Å². The number of ether oxygens (including phenoxy) is 2. The van der Waals surface area contributed by atoms with Crippen molar-refractivity contribution in [2.24, 2.45) is 0 Å². The first kappa shape index (κ1) is 10.2. The van der Waals surface area contributed by atoms with Crippen LogP contribution in [0.15, 0.2) is 0 Å². The van der Waals surface area contributed by atoms with E-state index >= 15 is 0 Å². The van der Waals surface area contributed by atoms with Gasteiger partial charge in [0.15, 0.2) is 5.79 Å². The van der Waals surface area contributed by atoms with Crippen LogP contribution in [-0.2, 0) is 9.47 Å². The van der Waals surface area contributed by atoms with Crippen LogP contribution in [0.5, 0.6) is 0 Å². The minimum absolute atomic E-state index is 0. The first-order chi connectivity index (χ1) is 4.14. The van der Waals surface area contributed by atoms with Gasteiger partial charge in [0.25, 0.3) is 0 Å². The first-order valence-corrected chi connectivity index (χ1v) is 3.13. The lowest BCUT2D eigenvalue weighted by Crippen LogP contribution is -2.29. The average Bonchev–Trinajstić information content (AvgIpc) is 2.10. The van der Waals surface area contributed by atoms with Crippen molar-refractivity contribution in [3.63, 3.8) is 0 Å². The molecule has 1 rings (SSSR count). The van der Waals surface area contributed by atoms with Crippen molar-refractivity contribution in [2.45, 2.75) is 25.9 Å². The zero-order chi connectivity index (χ0) is 6.91. The van der Waals surface area contributed by atoms with Gasteiger partial charge in [-0.25, -0.2) is 0 Å². The molecule has 0 aliphatic carbocycles. The van der Waals surface area contributed by atoms with E-state index in [-0.39, 0.29) is 18.6 Å². The predicted octanol–water partition coefficient (Wildman–Crippen LogP) is 0.737. The Kier molecular flexibility index (Phi) is 3.59. The lowest BCUT2D eigenvalue weighted by molar-refractivity contribution is -0.141. The van der Waals surface area contributed by atoms with Crippen LogP contribution in [0.4, 0.5) is 0 Å². The maximum Gasteiger partial charge on any atom is 0.165 e. The number of hydrogen-bond acceptors (Lipinski definition) is 3. The van der Waals surface area contributed by atoms with E-state index in [0.717, 1.165) is 0 Å². The Bertz CT molecular complexity index is 108. The Labute approximate surface area is 67.5 Å². The molecule has 1 atom stereocenters. The van der Waals surface area contributed by atoms with Crippen molar-refractivity contribution in [3.8, 4) is 0 Å². The molecule has 0 aromatic rings. The van der Waals surface area contributed by atoms with Gasteiger partial charge in [-0.15, -0.1) is 12.4 Å². The number of halogens is 1. The summed E-state index contributed by atoms with van der Waals surface area (Å²) >= 11 is 0. The largest absolute Gasteiger partial charge is 0.346 e. The van der Waals surface area contributed by atoms with Gasteiger partial charge in [0.2, 0.25) is 0 Å². The summed E-state index contributed by atoms with van der Waals surface area (Å²) in [4.78, 5) is 0. The van der Waals surface area contributed by atoms with Crippen molar-refractivity contribution in [1.82, 2.24) is 5.32 Å². The summed E-state index contributed by atoms with van der Waals surface area (Å²) in [6.07, 6.45) is 0.0694. The lowest BCUT2D eigenvalue weighted by atomic mass is 10.4. The topological polar surface area (TPSA) is 30.5 Å². The molecule has 1 aliphatic rings. The Morgan fingerprint density at radius 3 is 2.30 bits per heavy atom. The molecule has 62 valence electrons. The van der Waals surface area contributed by atoms with Crippen molar-refractivity contribution >= 4 is 12.4 Å². The predicted molar refractivity (Wildman–Crippen MR) is 41.2 cm³/mol. The zero-order valence-electron chi connectivity index (χ0n) is 6.51. The van der Waals surface area contributed by atoms with Gasteiger partial charge in [0.05, 0.1) is 6.61 Å². The summed E-state index contributed by atoms with van der Waals surface area (Å²) in [5, 5.41) is 2.97. The highest BCUT2D eigenvalue weighted by Gasteiger charge is 2.31. The summed E-state index contributed by atoms with van der Waals surface area (Å²) in [7, 11) is 1.86. The summed E-state index contributed by atoms with van der Waals surface area (Å²) in [6, 6.07) is 0. The van der Waals surface area contributed by atoms with Gasteiger partial charge in [-0.2, -0.15) is 0 Å². The van der Waals surface area contributed by atoms with Crippen molar-refractivity contribution in [2.75, 3.05) is 13.7 Å². The van der Waals surface area contributed by atoms with Gasteiger partial charge in [0, 0.05) is 0 Å². The second kappa shape index (κ2) is 3.53. The van der Waals surface area contributed by atoms with E-state index in [1.54, 1.807) is 0 Å². The maximum absolute atomic E-state index is 5.36. The number of hydrogen-bond donors (Lipinski definition) is 1. The number of rotatable bonds is 1. The SMILES string of the molecule is CNC1COC(C)(C)O1.Cl. The molecule has 0 amide bonds. The average molecular weight is 168 g/mol. The van der Waals surface area contributed by atoms with Crippen LogP contribution in [0.3, 0.4) is 0 Å². The van der Waals surface area contributed by atoms with E-state index in [0.29, 0.717) is 6.61 Å². The molecule has 1 aliphatic heterocycles. The summed E-state index contributed by atoms with van der Waals surface area (Å²) in [5.74, 6) is -0.395. The molecular formula is C6H14ClNO2. The quantitative estimate of drug-likeness (QED) is 0.625. The van der Waals surface area contributed by atoms with Gasteiger partial charge >= 0.3 is 0 Å². The van der Waals surface area contributed by atoms with Crippen molar-refractivity contribution in [1.29, 1.82) is 0 Å². The Morgan fingerprint density at radius 2 is 2.10 bits per heavy atom. The Hall–Kier alpha value is 0.170. The highest BCUT2D eigenvalue weighted by Crippen LogP contribution is 2.19. The molecule has 1 unspecified atom stereocenters. The highest BCUT2D eigenvalue weighted by atomic mass is 35.5. The molecule has 1 fully saturated rings. The summed E-state index contributed by atoms with van der Waals surface area (Å²) in [5.41, 5.74) is 0. The van der Waals surface area contributed by atoms with E-state index in [1.807, 2.05) is 20.9 Å². The fraction of sp³-hybridized carbons (Fsp3) is 1.00. The monoisotopic (exact) mass is 167 g/mol. The molecule has 10 heavy (non-hydrogen) atoms. The molecule has 1 saturated heterocycles. The molecule has 0 saturated carbocycles. The number of likely N-dealkylation sites (N-methyl/N-ethyl adjacent to an activating group) is 1. The molecule has 1 N–H and O–H groups in total. The highest BCUT2D eigenvalue weighted by molar-refractivity contribution is 5.85. The van der Waals surface area contributed by atoms with Crippen LogP contribution in [-0.4, -0.2) is 25.7 Å². The molecule has 1 heterocycles. The lowest BCUT2D eigenvalue weighted by Gasteiger charge is -2.16. The normalized spacial score (nSPS) is 29.7. The molecule has 0 spiro atoms.